The third-order valence-electron chi connectivity index (χ3n) is 4.67. The smallest absolute Gasteiger partial charge is 0.290 e. The van der Waals surface area contributed by atoms with Crippen molar-refractivity contribution in [1.82, 2.24) is 4.90 Å². The zero-order chi connectivity index (χ0) is 19.1. The number of hydrogen-bond donors (Lipinski definition) is 1. The summed E-state index contributed by atoms with van der Waals surface area (Å²) >= 11 is 9.37. The number of carbonyl (C=O) groups excluding carboxylic acids is 1. The molecule has 7 heteroatoms. The van der Waals surface area contributed by atoms with Gasteiger partial charge in [-0.15, -0.1) is 0 Å². The van der Waals surface area contributed by atoms with Crippen molar-refractivity contribution in [2.75, 3.05) is 13.2 Å². The predicted octanol–water partition coefficient (Wildman–Crippen LogP) is 4.14. The normalized spacial score (nSPS) is 16.2. The van der Waals surface area contributed by atoms with E-state index < -0.39 is 6.04 Å². The van der Waals surface area contributed by atoms with Crippen molar-refractivity contribution in [2.45, 2.75) is 12.5 Å². The van der Waals surface area contributed by atoms with E-state index in [0.29, 0.717) is 34.5 Å². The van der Waals surface area contributed by atoms with Crippen LogP contribution in [0, 0.1) is 0 Å². The minimum Gasteiger partial charge on any atom is -0.450 e. The molecule has 3 aromatic rings. The molecule has 1 aliphatic rings. The Hall–Kier alpha value is -2.15. The zero-order valence-electron chi connectivity index (χ0n) is 14.1. The van der Waals surface area contributed by atoms with Crippen molar-refractivity contribution < 1.29 is 14.3 Å². The lowest BCUT2D eigenvalue weighted by atomic mass is 9.98. The Bertz CT molecular complexity index is 1090. The average molecular weight is 449 g/mol. The number of hydrogen-bond acceptors (Lipinski definition) is 4. The largest absolute Gasteiger partial charge is 0.450 e. The molecule has 2 aromatic carbocycles. The third kappa shape index (κ3) is 3.08. The van der Waals surface area contributed by atoms with E-state index in [1.807, 2.05) is 0 Å². The second-order valence-corrected chi connectivity index (χ2v) is 7.70. The number of aliphatic hydroxyl groups is 1. The maximum absolute atomic E-state index is 13.3. The van der Waals surface area contributed by atoms with Gasteiger partial charge in [0.05, 0.1) is 17.0 Å². The van der Waals surface area contributed by atoms with Gasteiger partial charge in [-0.2, -0.15) is 0 Å². The summed E-state index contributed by atoms with van der Waals surface area (Å²) in [4.78, 5) is 27.8. The highest BCUT2D eigenvalue weighted by Crippen LogP contribution is 2.38. The lowest BCUT2D eigenvalue weighted by Gasteiger charge is -2.24. The maximum atomic E-state index is 13.3. The van der Waals surface area contributed by atoms with Crippen LogP contribution in [0.4, 0.5) is 0 Å². The summed E-state index contributed by atoms with van der Waals surface area (Å²) in [5.74, 6) is -0.284. The van der Waals surface area contributed by atoms with Gasteiger partial charge in [-0.3, -0.25) is 9.59 Å². The maximum Gasteiger partial charge on any atom is 0.290 e. The van der Waals surface area contributed by atoms with Crippen LogP contribution in [0.1, 0.15) is 34.1 Å². The van der Waals surface area contributed by atoms with E-state index in [1.54, 1.807) is 47.4 Å². The number of carbonyl (C=O) groups is 1. The van der Waals surface area contributed by atoms with Gasteiger partial charge in [-0.25, -0.2) is 0 Å². The summed E-state index contributed by atoms with van der Waals surface area (Å²) in [5.41, 5.74) is 1.23. The van der Waals surface area contributed by atoms with Crippen LogP contribution in [0.2, 0.25) is 5.02 Å². The first kappa shape index (κ1) is 18.2. The van der Waals surface area contributed by atoms with Gasteiger partial charge >= 0.3 is 0 Å². The molecule has 4 rings (SSSR count). The number of halogens is 2. The Morgan fingerprint density at radius 1 is 1.15 bits per heavy atom. The van der Waals surface area contributed by atoms with E-state index in [0.717, 1.165) is 10.0 Å². The summed E-state index contributed by atoms with van der Waals surface area (Å²) in [7, 11) is 0. The minimum atomic E-state index is -0.573. The SMILES string of the molecule is O=C1c2oc3ccc(Br)cc3c(=O)c2C(c2ccc(Cl)cc2)N1CCCO. The van der Waals surface area contributed by atoms with E-state index in [-0.39, 0.29) is 23.7 Å². The number of nitrogens with zero attached hydrogens (tertiary/aromatic N) is 1. The Labute approximate surface area is 168 Å². The first-order valence-electron chi connectivity index (χ1n) is 8.45. The molecular weight excluding hydrogens is 434 g/mol. The average Bonchev–Trinajstić information content (AvgIpc) is 2.94. The summed E-state index contributed by atoms with van der Waals surface area (Å²) in [5, 5.41) is 10.2. The molecule has 0 saturated carbocycles. The topological polar surface area (TPSA) is 70.8 Å². The van der Waals surface area contributed by atoms with Crippen LogP contribution < -0.4 is 5.43 Å². The van der Waals surface area contributed by atoms with Crippen LogP contribution in [0.25, 0.3) is 11.0 Å². The monoisotopic (exact) mass is 447 g/mol. The molecule has 0 fully saturated rings. The van der Waals surface area contributed by atoms with Crippen molar-refractivity contribution >= 4 is 44.4 Å². The molecular formula is C20H15BrClNO4. The van der Waals surface area contributed by atoms with Crippen molar-refractivity contribution in [1.29, 1.82) is 0 Å². The molecule has 0 spiro atoms. The Morgan fingerprint density at radius 3 is 2.59 bits per heavy atom. The number of aliphatic hydroxyl groups excluding tert-OH is 1. The van der Waals surface area contributed by atoms with Crippen LogP contribution in [-0.4, -0.2) is 29.1 Å². The first-order valence-corrected chi connectivity index (χ1v) is 9.62. The van der Waals surface area contributed by atoms with E-state index in [4.69, 9.17) is 16.0 Å². The number of fused-ring (bicyclic) bond motifs is 2. The standard InChI is InChI=1S/C20H15BrClNO4/c21-12-4-7-15-14(10-12)18(25)16-17(11-2-5-13(22)6-3-11)23(8-1-9-24)20(26)19(16)27-15/h2-7,10,17,24H,1,8-9H2. The predicted molar refractivity (Wildman–Crippen MR) is 106 cm³/mol. The number of rotatable bonds is 4. The fourth-order valence-corrected chi connectivity index (χ4v) is 3.94. The van der Waals surface area contributed by atoms with Crippen LogP contribution in [0.15, 0.2) is 56.1 Å². The summed E-state index contributed by atoms with van der Waals surface area (Å²) < 4.78 is 6.59. The highest BCUT2D eigenvalue weighted by molar-refractivity contribution is 9.10. The third-order valence-corrected chi connectivity index (χ3v) is 5.42. The molecule has 138 valence electrons. The Kier molecular flexibility index (Phi) is 4.80. The molecule has 1 N–H and O–H groups in total. The van der Waals surface area contributed by atoms with Gasteiger partial charge in [-0.05, 0) is 42.3 Å². The van der Waals surface area contributed by atoms with Gasteiger partial charge in [0.25, 0.3) is 5.91 Å². The van der Waals surface area contributed by atoms with E-state index in [2.05, 4.69) is 15.9 Å². The molecule has 1 unspecified atom stereocenters. The molecule has 2 heterocycles. The zero-order valence-corrected chi connectivity index (χ0v) is 16.5. The lowest BCUT2D eigenvalue weighted by Crippen LogP contribution is -2.31. The Balaban J connectivity index is 1.97. The van der Waals surface area contributed by atoms with Crippen LogP contribution >= 0.6 is 27.5 Å². The van der Waals surface area contributed by atoms with Crippen molar-refractivity contribution in [3.63, 3.8) is 0 Å². The molecule has 27 heavy (non-hydrogen) atoms. The van der Waals surface area contributed by atoms with Crippen molar-refractivity contribution in [3.05, 3.63) is 79.1 Å². The number of amides is 1. The molecule has 0 radical (unpaired) electrons. The van der Waals surface area contributed by atoms with Gasteiger partial charge < -0.3 is 14.4 Å². The molecule has 0 bridgehead atoms. The molecule has 1 amide bonds. The second-order valence-electron chi connectivity index (χ2n) is 6.34. The van der Waals surface area contributed by atoms with Gasteiger partial charge in [0.2, 0.25) is 5.76 Å². The molecule has 0 aliphatic carbocycles. The molecule has 0 saturated heterocycles. The molecule has 5 nitrogen and oxygen atoms in total. The highest BCUT2D eigenvalue weighted by atomic mass is 79.9. The minimum absolute atomic E-state index is 0.0518. The van der Waals surface area contributed by atoms with Crippen LogP contribution in [0.3, 0.4) is 0 Å². The quantitative estimate of drug-likeness (QED) is 0.651. The Morgan fingerprint density at radius 2 is 1.89 bits per heavy atom. The second kappa shape index (κ2) is 7.11. The lowest BCUT2D eigenvalue weighted by molar-refractivity contribution is 0.0716. The van der Waals surface area contributed by atoms with Crippen molar-refractivity contribution in [3.8, 4) is 0 Å². The molecule has 1 aromatic heterocycles. The fourth-order valence-electron chi connectivity index (χ4n) is 3.46. The highest BCUT2D eigenvalue weighted by Gasteiger charge is 2.42. The van der Waals surface area contributed by atoms with Gasteiger partial charge in [0, 0.05) is 22.6 Å². The summed E-state index contributed by atoms with van der Waals surface area (Å²) in [6.45, 7) is 0.260. The van der Waals surface area contributed by atoms with Gasteiger partial charge in [-0.1, -0.05) is 39.7 Å². The summed E-state index contributed by atoms with van der Waals surface area (Å²) in [6, 6.07) is 11.6. The fraction of sp³-hybridized carbons (Fsp3) is 0.200. The summed E-state index contributed by atoms with van der Waals surface area (Å²) in [6.07, 6.45) is 0.406. The van der Waals surface area contributed by atoms with Gasteiger partial charge in [0.1, 0.15) is 5.58 Å². The van der Waals surface area contributed by atoms with Gasteiger partial charge in [0.15, 0.2) is 5.43 Å². The van der Waals surface area contributed by atoms with E-state index in [1.165, 1.54) is 0 Å². The van der Waals surface area contributed by atoms with Crippen molar-refractivity contribution in [2.24, 2.45) is 0 Å². The first-order chi connectivity index (χ1) is 13.0. The van der Waals surface area contributed by atoms with Crippen LogP contribution in [-0.2, 0) is 0 Å². The van der Waals surface area contributed by atoms with E-state index >= 15 is 0 Å². The number of benzene rings is 2. The molecule has 1 atom stereocenters. The molecule has 1 aliphatic heterocycles. The van der Waals surface area contributed by atoms with Crippen LogP contribution in [0.5, 0.6) is 0 Å². The van der Waals surface area contributed by atoms with E-state index in [9.17, 15) is 14.7 Å².